The van der Waals surface area contributed by atoms with Crippen LogP contribution < -0.4 is 11.5 Å². The van der Waals surface area contributed by atoms with Gasteiger partial charge in [-0.2, -0.15) is 0 Å². The first-order valence-corrected chi connectivity index (χ1v) is 2.84. The Morgan fingerprint density at radius 2 is 2.00 bits per heavy atom. The van der Waals surface area contributed by atoms with E-state index in [1.54, 1.807) is 6.08 Å². The molecule has 2 nitrogen and oxygen atoms in total. The van der Waals surface area contributed by atoms with Crippen molar-refractivity contribution in [3.8, 4) is 0 Å². The molecule has 0 aliphatic heterocycles. The Hall–Kier alpha value is -0.760. The highest BCUT2D eigenvalue weighted by molar-refractivity contribution is 5.14. The predicted molar refractivity (Wildman–Crippen MR) is 40.7 cm³/mol. The zero-order chi connectivity index (χ0) is 7.49. The lowest BCUT2D eigenvalue weighted by atomic mass is 10.1. The van der Waals surface area contributed by atoms with Gasteiger partial charge >= 0.3 is 0 Å². The molecule has 9 heavy (non-hydrogen) atoms. The predicted octanol–water partition coefficient (Wildman–Crippen LogP) is 0.752. The highest BCUT2D eigenvalue weighted by Crippen LogP contribution is 1.98. The van der Waals surface area contributed by atoms with E-state index in [-0.39, 0.29) is 5.54 Å². The summed E-state index contributed by atoms with van der Waals surface area (Å²) < 4.78 is 0. The van der Waals surface area contributed by atoms with E-state index in [4.69, 9.17) is 11.5 Å². The van der Waals surface area contributed by atoms with Gasteiger partial charge in [-0.1, -0.05) is 12.7 Å². The molecular formula is C7H14N2. The van der Waals surface area contributed by atoms with E-state index in [2.05, 4.69) is 6.58 Å². The molecule has 0 rings (SSSR count). The summed E-state index contributed by atoms with van der Waals surface area (Å²) in [4.78, 5) is 0. The molecule has 0 atom stereocenters. The third-order valence-electron chi connectivity index (χ3n) is 0.727. The Morgan fingerprint density at radius 1 is 1.56 bits per heavy atom. The molecule has 0 amide bonds. The van der Waals surface area contributed by atoms with Crippen LogP contribution in [-0.4, -0.2) is 5.54 Å². The summed E-state index contributed by atoms with van der Waals surface area (Å²) in [5, 5.41) is 0. The van der Waals surface area contributed by atoms with E-state index in [1.165, 1.54) is 0 Å². The zero-order valence-corrected chi connectivity index (χ0v) is 6.02. The van der Waals surface area contributed by atoms with Gasteiger partial charge in [0.2, 0.25) is 0 Å². The van der Waals surface area contributed by atoms with Crippen molar-refractivity contribution in [1.29, 1.82) is 0 Å². The second-order valence-corrected chi connectivity index (χ2v) is 2.73. The van der Waals surface area contributed by atoms with E-state index in [9.17, 15) is 0 Å². The third-order valence-corrected chi connectivity index (χ3v) is 0.727. The lowest BCUT2D eigenvalue weighted by Gasteiger charge is -2.10. The fraction of sp³-hybridized carbons (Fsp3) is 0.429. The second kappa shape index (κ2) is 2.69. The van der Waals surface area contributed by atoms with Crippen LogP contribution in [0.5, 0.6) is 0 Å². The van der Waals surface area contributed by atoms with Gasteiger partial charge in [-0.25, -0.2) is 0 Å². The van der Waals surface area contributed by atoms with Crippen LogP contribution in [0.1, 0.15) is 13.8 Å². The van der Waals surface area contributed by atoms with Gasteiger partial charge in [0.1, 0.15) is 0 Å². The molecule has 52 valence electrons. The molecule has 0 radical (unpaired) electrons. The van der Waals surface area contributed by atoms with Crippen LogP contribution in [0.4, 0.5) is 0 Å². The standard InChI is InChI=1S/C7H14N2/c1-6(8)4-5-7(2,3)9/h4-5H,1,8-9H2,2-3H3/b5-4-. The fourth-order valence-corrected chi connectivity index (χ4v) is 0.322. The number of hydrogen-bond donors (Lipinski definition) is 2. The molecule has 0 aromatic carbocycles. The van der Waals surface area contributed by atoms with E-state index < -0.39 is 0 Å². The topological polar surface area (TPSA) is 52.0 Å². The zero-order valence-electron chi connectivity index (χ0n) is 6.02. The van der Waals surface area contributed by atoms with Crippen molar-refractivity contribution >= 4 is 0 Å². The van der Waals surface area contributed by atoms with Gasteiger partial charge in [0.15, 0.2) is 0 Å². The monoisotopic (exact) mass is 126 g/mol. The minimum absolute atomic E-state index is 0.289. The molecule has 0 bridgehead atoms. The highest BCUT2D eigenvalue weighted by Gasteiger charge is 2.02. The Kier molecular flexibility index (Phi) is 2.46. The first-order valence-electron chi connectivity index (χ1n) is 2.84. The maximum absolute atomic E-state index is 5.60. The molecule has 0 aliphatic carbocycles. The maximum Gasteiger partial charge on any atom is 0.0285 e. The van der Waals surface area contributed by atoms with Crippen LogP contribution in [0.3, 0.4) is 0 Å². The normalized spacial score (nSPS) is 12.3. The Morgan fingerprint density at radius 3 is 2.11 bits per heavy atom. The summed E-state index contributed by atoms with van der Waals surface area (Å²) in [6.07, 6.45) is 3.52. The van der Waals surface area contributed by atoms with Crippen molar-refractivity contribution < 1.29 is 0 Å². The number of rotatable bonds is 2. The Bertz CT molecular complexity index is 128. The minimum atomic E-state index is -0.289. The van der Waals surface area contributed by atoms with Crippen LogP contribution in [0.15, 0.2) is 24.4 Å². The van der Waals surface area contributed by atoms with Crippen molar-refractivity contribution in [2.24, 2.45) is 11.5 Å². The van der Waals surface area contributed by atoms with Gasteiger partial charge in [-0.05, 0) is 19.9 Å². The number of nitrogens with two attached hydrogens (primary N) is 2. The lowest BCUT2D eigenvalue weighted by Crippen LogP contribution is -2.28. The quantitative estimate of drug-likeness (QED) is 0.536. The molecule has 0 aromatic heterocycles. The molecule has 4 N–H and O–H groups in total. The fourth-order valence-electron chi connectivity index (χ4n) is 0.322. The average molecular weight is 126 g/mol. The van der Waals surface area contributed by atoms with Crippen molar-refractivity contribution in [3.63, 3.8) is 0 Å². The molecule has 2 heteroatoms. The molecule has 0 saturated heterocycles. The first-order chi connectivity index (χ1) is 3.92. The van der Waals surface area contributed by atoms with Gasteiger partial charge in [0, 0.05) is 11.2 Å². The molecule has 0 aromatic rings. The molecular weight excluding hydrogens is 112 g/mol. The van der Waals surface area contributed by atoms with Gasteiger partial charge in [-0.3, -0.25) is 0 Å². The smallest absolute Gasteiger partial charge is 0.0285 e. The molecule has 0 unspecified atom stereocenters. The summed E-state index contributed by atoms with van der Waals surface area (Å²) in [6.45, 7) is 7.28. The Balaban J connectivity index is 3.86. The summed E-state index contributed by atoms with van der Waals surface area (Å²) in [5.74, 6) is 0. The minimum Gasteiger partial charge on any atom is -0.399 e. The lowest BCUT2D eigenvalue weighted by molar-refractivity contribution is 0.654. The molecule has 0 aliphatic rings. The van der Waals surface area contributed by atoms with Crippen molar-refractivity contribution in [2.75, 3.05) is 0 Å². The Labute approximate surface area is 56.2 Å². The largest absolute Gasteiger partial charge is 0.399 e. The van der Waals surface area contributed by atoms with Crippen molar-refractivity contribution in [2.45, 2.75) is 19.4 Å². The SMILES string of the molecule is C=C(N)/C=C\C(C)(C)N. The summed E-state index contributed by atoms with van der Waals surface area (Å²) in [7, 11) is 0. The molecule has 0 saturated carbocycles. The third kappa shape index (κ3) is 7.24. The van der Waals surface area contributed by atoms with Crippen LogP contribution in [0, 0.1) is 0 Å². The molecule has 0 spiro atoms. The van der Waals surface area contributed by atoms with Crippen molar-refractivity contribution in [1.82, 2.24) is 0 Å². The van der Waals surface area contributed by atoms with Crippen molar-refractivity contribution in [3.05, 3.63) is 24.4 Å². The maximum atomic E-state index is 5.60. The second-order valence-electron chi connectivity index (χ2n) is 2.73. The number of allylic oxidation sites excluding steroid dienone is 1. The highest BCUT2D eigenvalue weighted by atomic mass is 14.7. The van der Waals surface area contributed by atoms with Gasteiger partial charge < -0.3 is 11.5 Å². The van der Waals surface area contributed by atoms with Crippen LogP contribution in [0.2, 0.25) is 0 Å². The average Bonchev–Trinajstić information content (AvgIpc) is 1.59. The van der Waals surface area contributed by atoms with Gasteiger partial charge in [0.25, 0.3) is 0 Å². The van der Waals surface area contributed by atoms with Crippen LogP contribution in [0.25, 0.3) is 0 Å². The first kappa shape index (κ1) is 8.24. The van der Waals surface area contributed by atoms with E-state index in [0.29, 0.717) is 5.70 Å². The summed E-state index contributed by atoms with van der Waals surface area (Å²) in [5.41, 5.74) is 11.1. The number of hydrogen-bond acceptors (Lipinski definition) is 2. The van der Waals surface area contributed by atoms with E-state index >= 15 is 0 Å². The van der Waals surface area contributed by atoms with Crippen LogP contribution in [-0.2, 0) is 0 Å². The summed E-state index contributed by atoms with van der Waals surface area (Å²) >= 11 is 0. The van der Waals surface area contributed by atoms with Crippen LogP contribution >= 0.6 is 0 Å². The van der Waals surface area contributed by atoms with E-state index in [1.807, 2.05) is 19.9 Å². The summed E-state index contributed by atoms with van der Waals surface area (Å²) in [6, 6.07) is 0. The van der Waals surface area contributed by atoms with Gasteiger partial charge in [-0.15, -0.1) is 0 Å². The van der Waals surface area contributed by atoms with E-state index in [0.717, 1.165) is 0 Å². The molecule has 0 heterocycles. The van der Waals surface area contributed by atoms with Gasteiger partial charge in [0.05, 0.1) is 0 Å². The molecule has 0 fully saturated rings.